The maximum atomic E-state index is 5.74. The van der Waals surface area contributed by atoms with Gasteiger partial charge in [0.2, 0.25) is 0 Å². The fraction of sp³-hybridized carbons (Fsp3) is 0.444. The van der Waals surface area contributed by atoms with E-state index >= 15 is 0 Å². The number of H-pyrrole nitrogens is 2. The van der Waals surface area contributed by atoms with Crippen molar-refractivity contribution in [3.63, 3.8) is 0 Å². The van der Waals surface area contributed by atoms with Crippen LogP contribution in [-0.4, -0.2) is 16.1 Å². The number of aromatic amines is 2. The summed E-state index contributed by atoms with van der Waals surface area (Å²) in [6, 6.07) is 0. The van der Waals surface area contributed by atoms with Crippen LogP contribution in [0.2, 0.25) is 0 Å². The summed E-state index contributed by atoms with van der Waals surface area (Å²) in [6.45, 7) is 4.03. The van der Waals surface area contributed by atoms with Gasteiger partial charge in [-0.3, -0.25) is 0 Å². The van der Waals surface area contributed by atoms with Crippen LogP contribution in [0.5, 0.6) is 0 Å². The van der Waals surface area contributed by atoms with Crippen molar-refractivity contribution in [1.82, 2.24) is 9.97 Å². The predicted octanol–water partition coefficient (Wildman–Crippen LogP) is 2.26. The van der Waals surface area contributed by atoms with Crippen LogP contribution in [0.25, 0.3) is 0 Å². The standard InChI is InChI=1S/C9H12N2OS/c1-6-3-4-9(2,12-6)7-5-10-8(13)11-7/h3-6H,1-2H3,(H2,10,11,13). The fourth-order valence-corrected chi connectivity index (χ4v) is 1.71. The van der Waals surface area contributed by atoms with Gasteiger partial charge in [-0.15, -0.1) is 0 Å². The normalized spacial score (nSPS) is 32.6. The van der Waals surface area contributed by atoms with E-state index in [2.05, 4.69) is 9.97 Å². The third kappa shape index (κ3) is 1.47. The number of ether oxygens (including phenoxy) is 1. The Labute approximate surface area is 81.8 Å². The van der Waals surface area contributed by atoms with Crippen LogP contribution >= 0.6 is 12.2 Å². The molecule has 0 amide bonds. The fourth-order valence-electron chi connectivity index (χ4n) is 1.54. The van der Waals surface area contributed by atoms with Gasteiger partial charge in [0.1, 0.15) is 5.60 Å². The second kappa shape index (κ2) is 2.82. The van der Waals surface area contributed by atoms with Gasteiger partial charge in [-0.2, -0.15) is 0 Å². The molecule has 70 valence electrons. The molecule has 2 atom stereocenters. The molecule has 3 nitrogen and oxygen atoms in total. The molecule has 0 radical (unpaired) electrons. The molecule has 0 aromatic carbocycles. The summed E-state index contributed by atoms with van der Waals surface area (Å²) >= 11 is 4.96. The minimum absolute atomic E-state index is 0.168. The quantitative estimate of drug-likeness (QED) is 0.534. The van der Waals surface area contributed by atoms with E-state index in [1.165, 1.54) is 0 Å². The van der Waals surface area contributed by atoms with E-state index < -0.39 is 0 Å². The molecule has 13 heavy (non-hydrogen) atoms. The highest BCUT2D eigenvalue weighted by atomic mass is 32.1. The van der Waals surface area contributed by atoms with Gasteiger partial charge in [0.15, 0.2) is 4.77 Å². The number of hydrogen-bond acceptors (Lipinski definition) is 2. The Hall–Kier alpha value is -0.870. The average molecular weight is 196 g/mol. The molecule has 2 heterocycles. The van der Waals surface area contributed by atoms with Gasteiger partial charge in [-0.05, 0) is 32.1 Å². The van der Waals surface area contributed by atoms with Gasteiger partial charge in [0, 0.05) is 6.20 Å². The molecular formula is C9H12N2OS. The highest BCUT2D eigenvalue weighted by Gasteiger charge is 2.31. The maximum absolute atomic E-state index is 5.74. The summed E-state index contributed by atoms with van der Waals surface area (Å²) in [5.41, 5.74) is 0.616. The zero-order chi connectivity index (χ0) is 9.47. The van der Waals surface area contributed by atoms with Gasteiger partial charge in [0.05, 0.1) is 11.8 Å². The van der Waals surface area contributed by atoms with Crippen molar-refractivity contribution < 1.29 is 4.74 Å². The summed E-state index contributed by atoms with van der Waals surface area (Å²) in [5, 5.41) is 0. The van der Waals surface area contributed by atoms with Crippen LogP contribution in [-0.2, 0) is 10.3 Å². The van der Waals surface area contributed by atoms with Gasteiger partial charge in [-0.25, -0.2) is 0 Å². The maximum Gasteiger partial charge on any atom is 0.174 e. The average Bonchev–Trinajstić information content (AvgIpc) is 2.60. The van der Waals surface area contributed by atoms with E-state index in [1.807, 2.05) is 32.2 Å². The van der Waals surface area contributed by atoms with E-state index in [4.69, 9.17) is 17.0 Å². The van der Waals surface area contributed by atoms with Crippen LogP contribution in [0.1, 0.15) is 19.5 Å². The van der Waals surface area contributed by atoms with Crippen molar-refractivity contribution in [2.24, 2.45) is 0 Å². The van der Waals surface area contributed by atoms with Crippen LogP contribution in [0.15, 0.2) is 18.3 Å². The third-order valence-corrected chi connectivity index (χ3v) is 2.47. The lowest BCUT2D eigenvalue weighted by atomic mass is 10.0. The number of rotatable bonds is 1. The summed E-state index contributed by atoms with van der Waals surface area (Å²) in [6.07, 6.45) is 6.11. The van der Waals surface area contributed by atoms with E-state index in [0.717, 1.165) is 5.69 Å². The molecular weight excluding hydrogens is 184 g/mol. The Balaban J connectivity index is 2.36. The summed E-state index contributed by atoms with van der Waals surface area (Å²) < 4.78 is 6.37. The Morgan fingerprint density at radius 1 is 1.62 bits per heavy atom. The van der Waals surface area contributed by atoms with Gasteiger partial charge >= 0.3 is 0 Å². The molecule has 2 unspecified atom stereocenters. The Morgan fingerprint density at radius 3 is 2.85 bits per heavy atom. The van der Waals surface area contributed by atoms with Crippen molar-refractivity contribution in [3.05, 3.63) is 28.8 Å². The molecule has 0 aliphatic carbocycles. The topological polar surface area (TPSA) is 40.8 Å². The number of hydrogen-bond donors (Lipinski definition) is 2. The van der Waals surface area contributed by atoms with Crippen molar-refractivity contribution >= 4 is 12.2 Å². The number of aromatic nitrogens is 2. The van der Waals surface area contributed by atoms with E-state index in [1.54, 1.807) is 0 Å². The minimum atomic E-state index is -0.354. The lowest BCUT2D eigenvalue weighted by Gasteiger charge is -2.21. The van der Waals surface area contributed by atoms with Crippen LogP contribution < -0.4 is 0 Å². The molecule has 0 fully saturated rings. The Morgan fingerprint density at radius 2 is 2.38 bits per heavy atom. The second-order valence-corrected chi connectivity index (χ2v) is 3.85. The molecule has 1 aliphatic rings. The molecule has 2 N–H and O–H groups in total. The molecule has 1 aromatic heterocycles. The predicted molar refractivity (Wildman–Crippen MR) is 53.0 cm³/mol. The highest BCUT2D eigenvalue weighted by Crippen LogP contribution is 2.31. The summed E-state index contributed by atoms with van der Waals surface area (Å²) in [4.78, 5) is 5.99. The highest BCUT2D eigenvalue weighted by molar-refractivity contribution is 7.71. The second-order valence-electron chi connectivity index (χ2n) is 3.45. The Kier molecular flexibility index (Phi) is 1.89. The first kappa shape index (κ1) is 8.72. The van der Waals surface area contributed by atoms with Gasteiger partial charge in [0.25, 0.3) is 0 Å². The van der Waals surface area contributed by atoms with E-state index in [0.29, 0.717) is 4.77 Å². The van der Waals surface area contributed by atoms with Gasteiger partial charge in [-0.1, -0.05) is 6.08 Å². The SMILES string of the molecule is CC1C=CC(C)(c2c[nH]c(=S)[nH]2)O1. The molecule has 0 bridgehead atoms. The molecule has 0 saturated carbocycles. The first-order valence-electron chi connectivity index (χ1n) is 4.25. The summed E-state index contributed by atoms with van der Waals surface area (Å²) in [5.74, 6) is 0. The van der Waals surface area contributed by atoms with Crippen LogP contribution in [0.4, 0.5) is 0 Å². The summed E-state index contributed by atoms with van der Waals surface area (Å²) in [7, 11) is 0. The number of nitrogens with one attached hydrogen (secondary N) is 2. The minimum Gasteiger partial charge on any atom is -0.358 e. The van der Waals surface area contributed by atoms with Crippen molar-refractivity contribution in [2.45, 2.75) is 25.6 Å². The van der Waals surface area contributed by atoms with E-state index in [-0.39, 0.29) is 11.7 Å². The lowest BCUT2D eigenvalue weighted by Crippen LogP contribution is -2.22. The first-order valence-corrected chi connectivity index (χ1v) is 4.66. The van der Waals surface area contributed by atoms with Crippen LogP contribution in [0, 0.1) is 4.77 Å². The molecule has 1 aliphatic heterocycles. The van der Waals surface area contributed by atoms with Crippen molar-refractivity contribution in [3.8, 4) is 0 Å². The zero-order valence-electron chi connectivity index (χ0n) is 7.63. The van der Waals surface area contributed by atoms with E-state index in [9.17, 15) is 0 Å². The zero-order valence-corrected chi connectivity index (χ0v) is 8.44. The first-order chi connectivity index (χ1) is 6.10. The molecule has 0 spiro atoms. The molecule has 0 saturated heterocycles. The van der Waals surface area contributed by atoms with Crippen LogP contribution in [0.3, 0.4) is 0 Å². The number of imidazole rings is 1. The lowest BCUT2D eigenvalue weighted by molar-refractivity contribution is -0.00878. The smallest absolute Gasteiger partial charge is 0.174 e. The Bertz CT molecular complexity index is 392. The molecule has 1 aromatic rings. The van der Waals surface area contributed by atoms with Gasteiger partial charge < -0.3 is 14.7 Å². The van der Waals surface area contributed by atoms with Crippen molar-refractivity contribution in [2.75, 3.05) is 0 Å². The molecule has 2 rings (SSSR count). The largest absolute Gasteiger partial charge is 0.358 e. The van der Waals surface area contributed by atoms with Crippen molar-refractivity contribution in [1.29, 1.82) is 0 Å². The molecule has 4 heteroatoms. The third-order valence-electron chi connectivity index (χ3n) is 2.25. The monoisotopic (exact) mass is 196 g/mol.